The highest BCUT2D eigenvalue weighted by Crippen LogP contribution is 2.68. The van der Waals surface area contributed by atoms with E-state index in [1.54, 1.807) is 6.08 Å². The van der Waals surface area contributed by atoms with Gasteiger partial charge in [-0.05, 0) is 79.3 Å². The molecule has 4 aliphatic carbocycles. The third-order valence-corrected chi connectivity index (χ3v) is 10.9. The van der Waals surface area contributed by atoms with E-state index in [9.17, 15) is 19.5 Å². The molecule has 208 valence electrons. The number of rotatable bonds is 7. The van der Waals surface area contributed by atoms with E-state index in [1.807, 2.05) is 0 Å². The summed E-state index contributed by atoms with van der Waals surface area (Å²) in [4.78, 5) is 37.4. The summed E-state index contributed by atoms with van der Waals surface area (Å²) in [5.41, 5.74) is -0.787. The highest BCUT2D eigenvalue weighted by atomic mass is 16.6. The number of hydrogen-bond acceptors (Lipinski definition) is 6. The molecule has 0 heterocycles. The van der Waals surface area contributed by atoms with Crippen LogP contribution in [-0.4, -0.2) is 40.6 Å². The van der Waals surface area contributed by atoms with Gasteiger partial charge in [-0.25, -0.2) is 0 Å². The molecular formula is C31H48O6. The van der Waals surface area contributed by atoms with Crippen molar-refractivity contribution in [2.75, 3.05) is 0 Å². The number of hydrogen-bond donors (Lipinski definition) is 1. The summed E-state index contributed by atoms with van der Waals surface area (Å²) in [7, 11) is 0. The molecule has 0 aromatic heterocycles. The van der Waals surface area contributed by atoms with Crippen molar-refractivity contribution in [1.82, 2.24) is 0 Å². The van der Waals surface area contributed by atoms with Crippen molar-refractivity contribution in [2.24, 2.45) is 40.4 Å². The topological polar surface area (TPSA) is 89.9 Å². The molecule has 1 N–H and O–H groups in total. The van der Waals surface area contributed by atoms with E-state index in [0.717, 1.165) is 24.8 Å². The number of fused-ring (bicyclic) bond motifs is 5. The van der Waals surface area contributed by atoms with Crippen molar-refractivity contribution in [3.8, 4) is 0 Å². The van der Waals surface area contributed by atoms with Crippen LogP contribution in [0.1, 0.15) is 106 Å². The second kappa shape index (κ2) is 10.1. The molecule has 0 spiro atoms. The van der Waals surface area contributed by atoms with Gasteiger partial charge >= 0.3 is 11.9 Å². The van der Waals surface area contributed by atoms with E-state index in [4.69, 9.17) is 9.47 Å². The zero-order valence-corrected chi connectivity index (χ0v) is 24.0. The lowest BCUT2D eigenvalue weighted by Crippen LogP contribution is -2.61. The molecule has 0 unspecified atom stereocenters. The maximum Gasteiger partial charge on any atom is 0.303 e. The van der Waals surface area contributed by atoms with Gasteiger partial charge in [0, 0.05) is 25.2 Å². The standard InChI is InChI=1S/C31H48O6/c1-18(2)9-8-10-19(3)22-12-14-31(35)24-15-26(34)25-16-27(36-20(4)32)28(37-21(5)33)17-29(25,6)23(24)11-13-30(22,31)7/h15,18-19,22-23,25,27-28,35H,8-14,16-17H2,1-7H3/t19-,22-,23+,25-,27-,28+,29-,30-,31-/m1/s1. The van der Waals surface area contributed by atoms with E-state index in [2.05, 4.69) is 34.6 Å². The monoisotopic (exact) mass is 516 g/mol. The fourth-order valence-electron chi connectivity index (χ4n) is 9.00. The van der Waals surface area contributed by atoms with Crippen LogP contribution in [0.25, 0.3) is 0 Å². The zero-order valence-electron chi connectivity index (χ0n) is 24.0. The van der Waals surface area contributed by atoms with Gasteiger partial charge in [-0.2, -0.15) is 0 Å². The fraction of sp³-hybridized carbons (Fsp3) is 0.839. The average Bonchev–Trinajstić information content (AvgIpc) is 3.06. The van der Waals surface area contributed by atoms with E-state index in [0.29, 0.717) is 37.0 Å². The molecule has 0 bridgehead atoms. The molecule has 37 heavy (non-hydrogen) atoms. The van der Waals surface area contributed by atoms with Crippen LogP contribution in [0.2, 0.25) is 0 Å². The first kappa shape index (κ1) is 28.3. The Hall–Kier alpha value is -1.69. The smallest absolute Gasteiger partial charge is 0.303 e. The van der Waals surface area contributed by atoms with Crippen LogP contribution in [0, 0.1) is 40.4 Å². The van der Waals surface area contributed by atoms with Crippen LogP contribution < -0.4 is 0 Å². The first-order chi connectivity index (χ1) is 17.2. The number of carbonyl (C=O) groups is 3. The van der Waals surface area contributed by atoms with E-state index >= 15 is 0 Å². The predicted molar refractivity (Wildman–Crippen MR) is 141 cm³/mol. The van der Waals surface area contributed by atoms with E-state index < -0.39 is 35.2 Å². The highest BCUT2D eigenvalue weighted by molar-refractivity contribution is 5.95. The Morgan fingerprint density at radius 1 is 1.00 bits per heavy atom. The molecule has 4 aliphatic rings. The van der Waals surface area contributed by atoms with Gasteiger partial charge < -0.3 is 14.6 Å². The first-order valence-corrected chi connectivity index (χ1v) is 14.6. The summed E-state index contributed by atoms with van der Waals surface area (Å²) >= 11 is 0. The third kappa shape index (κ3) is 4.81. The Balaban J connectivity index is 1.63. The molecule has 3 fully saturated rings. The third-order valence-electron chi connectivity index (χ3n) is 10.9. The Kier molecular flexibility index (Phi) is 7.75. The highest BCUT2D eigenvalue weighted by Gasteiger charge is 2.67. The van der Waals surface area contributed by atoms with Crippen LogP contribution in [0.4, 0.5) is 0 Å². The van der Waals surface area contributed by atoms with E-state index in [-0.39, 0.29) is 23.0 Å². The molecular weight excluding hydrogens is 468 g/mol. The average molecular weight is 517 g/mol. The number of aliphatic hydroxyl groups is 1. The summed E-state index contributed by atoms with van der Waals surface area (Å²) in [5.74, 6) is 0.549. The van der Waals surface area contributed by atoms with Crippen LogP contribution in [-0.2, 0) is 23.9 Å². The number of ketones is 1. The normalized spacial score (nSPS) is 41.8. The molecule has 0 aliphatic heterocycles. The molecule has 6 heteroatoms. The minimum atomic E-state index is -0.986. The fourth-order valence-corrected chi connectivity index (χ4v) is 9.00. The Morgan fingerprint density at radius 2 is 1.65 bits per heavy atom. The van der Waals surface area contributed by atoms with Crippen LogP contribution in [0.15, 0.2) is 11.6 Å². The summed E-state index contributed by atoms with van der Waals surface area (Å²) in [6, 6.07) is 0. The maximum absolute atomic E-state index is 13.7. The Morgan fingerprint density at radius 3 is 2.27 bits per heavy atom. The van der Waals surface area contributed by atoms with Gasteiger partial charge in [0.05, 0.1) is 5.60 Å². The van der Waals surface area contributed by atoms with Gasteiger partial charge in [0.2, 0.25) is 0 Å². The van der Waals surface area contributed by atoms with Gasteiger partial charge in [0.15, 0.2) is 5.78 Å². The molecule has 0 saturated heterocycles. The van der Waals surface area contributed by atoms with Crippen LogP contribution >= 0.6 is 0 Å². The van der Waals surface area contributed by atoms with Crippen LogP contribution in [0.5, 0.6) is 0 Å². The molecule has 0 radical (unpaired) electrons. The van der Waals surface area contributed by atoms with Crippen molar-refractivity contribution >= 4 is 17.7 Å². The van der Waals surface area contributed by atoms with Gasteiger partial charge in [-0.3, -0.25) is 14.4 Å². The lowest BCUT2D eigenvalue weighted by Gasteiger charge is -2.60. The summed E-state index contributed by atoms with van der Waals surface area (Å²) < 4.78 is 11.2. The minimum absolute atomic E-state index is 0.0123. The number of allylic oxidation sites excluding steroid dienone is 1. The first-order valence-electron chi connectivity index (χ1n) is 14.6. The van der Waals surface area contributed by atoms with Gasteiger partial charge in [0.25, 0.3) is 0 Å². The van der Waals surface area contributed by atoms with Crippen LogP contribution in [0.3, 0.4) is 0 Å². The lowest BCUT2D eigenvalue weighted by molar-refractivity contribution is -0.186. The second-order valence-electron chi connectivity index (χ2n) is 13.6. The van der Waals surface area contributed by atoms with Gasteiger partial charge in [-0.1, -0.05) is 53.9 Å². The zero-order chi connectivity index (χ0) is 27.3. The summed E-state index contributed by atoms with van der Waals surface area (Å²) in [6.45, 7) is 14.0. The molecule has 0 amide bonds. The largest absolute Gasteiger partial charge is 0.459 e. The molecule has 9 atom stereocenters. The van der Waals surface area contributed by atoms with Gasteiger partial charge in [0.1, 0.15) is 12.2 Å². The molecule has 0 aromatic rings. The SMILES string of the molecule is CC(=O)O[C@H]1C[C@@]2(C)[C@H](C[C@H]1OC(C)=O)C(=O)C=C1[C@@H]2CC[C@]2(C)[C@@H]([C@H](C)CCCC(C)C)CC[C@@]12O. The maximum atomic E-state index is 13.7. The Labute approximate surface area is 222 Å². The second-order valence-corrected chi connectivity index (χ2v) is 13.6. The minimum Gasteiger partial charge on any atom is -0.459 e. The number of ether oxygens (including phenoxy) is 2. The quantitative estimate of drug-likeness (QED) is 0.431. The van der Waals surface area contributed by atoms with Gasteiger partial charge in [-0.15, -0.1) is 0 Å². The molecule has 3 saturated carbocycles. The van der Waals surface area contributed by atoms with E-state index in [1.165, 1.54) is 33.1 Å². The lowest BCUT2D eigenvalue weighted by atomic mass is 9.46. The summed E-state index contributed by atoms with van der Waals surface area (Å²) in [6.07, 6.45) is 8.48. The molecule has 0 aromatic carbocycles. The van der Waals surface area contributed by atoms with Crippen molar-refractivity contribution in [2.45, 2.75) is 124 Å². The Bertz CT molecular complexity index is 953. The summed E-state index contributed by atoms with van der Waals surface area (Å²) in [5, 5.41) is 12.4. The van der Waals surface area contributed by atoms with Crippen molar-refractivity contribution in [1.29, 1.82) is 0 Å². The molecule has 4 rings (SSSR count). The number of esters is 2. The number of carbonyl (C=O) groups excluding carboxylic acids is 3. The molecule has 6 nitrogen and oxygen atoms in total. The predicted octanol–water partition coefficient (Wildman–Crippen LogP) is 5.80. The van der Waals surface area contributed by atoms with Crippen molar-refractivity contribution in [3.05, 3.63) is 11.6 Å². The van der Waals surface area contributed by atoms with Crippen molar-refractivity contribution < 1.29 is 29.0 Å². The van der Waals surface area contributed by atoms with Crippen molar-refractivity contribution in [3.63, 3.8) is 0 Å².